The fourth-order valence-corrected chi connectivity index (χ4v) is 0.662. The van der Waals surface area contributed by atoms with Crippen LogP contribution in [0.4, 0.5) is 0 Å². The maximum Gasteiger partial charge on any atom is -0.172 e. The van der Waals surface area contributed by atoms with Gasteiger partial charge < -0.3 is 4.74 Å². The molecule has 0 unspecified atom stereocenters. The molecule has 0 amide bonds. The second-order valence-electron chi connectivity index (χ2n) is 3.76. The Bertz CT molecular complexity index is 249. The fourth-order valence-electron chi connectivity index (χ4n) is 0.662. The number of carbonyl (C=O) groups excluding carboxylic acids is 1. The van der Waals surface area contributed by atoms with Crippen LogP contribution in [0.15, 0.2) is 30.3 Å². The van der Waals surface area contributed by atoms with Crippen molar-refractivity contribution in [2.24, 2.45) is 0 Å². The van der Waals surface area contributed by atoms with Gasteiger partial charge in [-0.2, -0.15) is 18.2 Å². The van der Waals surface area contributed by atoms with E-state index in [0.717, 1.165) is 0 Å². The Balaban J connectivity index is 0. The van der Waals surface area contributed by atoms with Crippen LogP contribution in [0.25, 0.3) is 0 Å². The van der Waals surface area contributed by atoms with Crippen LogP contribution < -0.4 is 0 Å². The standard InChI is InChI=1S/C6H11O2.C5H5.3ClH.Ti/c1-5(7)8-6(2,3)4;1-2-4-5-3-1;;;;/h1H2,2-4H3;1-5H;3*1H;/q2*-1;;;;+3/p-3. The van der Waals surface area contributed by atoms with Crippen molar-refractivity contribution < 1.29 is 24.2 Å². The summed E-state index contributed by atoms with van der Waals surface area (Å²) in [6.07, 6.45) is 0. The van der Waals surface area contributed by atoms with Gasteiger partial charge in [0.05, 0.1) is 0 Å². The van der Waals surface area contributed by atoms with E-state index < -0.39 is 26.3 Å². The fraction of sp³-hybridized carbons (Fsp3) is 0.364. The number of rotatable bonds is 0. The minimum atomic E-state index is -1.92. The predicted molar refractivity (Wildman–Crippen MR) is 70.8 cm³/mol. The molecule has 0 heterocycles. The molecule has 0 N–H and O–H groups in total. The Morgan fingerprint density at radius 1 is 1.24 bits per heavy atom. The van der Waals surface area contributed by atoms with Gasteiger partial charge >= 0.3 is 42.6 Å². The van der Waals surface area contributed by atoms with Gasteiger partial charge in [-0.1, -0.05) is 0 Å². The second kappa shape index (κ2) is 11.4. The summed E-state index contributed by atoms with van der Waals surface area (Å²) >= 11 is -1.92. The van der Waals surface area contributed by atoms with Gasteiger partial charge in [0.2, 0.25) is 0 Å². The maximum absolute atomic E-state index is 10.1. The smallest absolute Gasteiger partial charge is 0.172 e. The molecule has 0 bridgehead atoms. The Hall–Kier alpha value is 0.274. The summed E-state index contributed by atoms with van der Waals surface area (Å²) in [6.45, 7) is 8.47. The summed E-state index contributed by atoms with van der Waals surface area (Å²) in [5.74, 6) is -0.475. The molecule has 0 aliphatic heterocycles. The molecular weight excluding hydrogens is 318 g/mol. The van der Waals surface area contributed by atoms with Gasteiger partial charge in [-0.05, 0) is 20.8 Å². The van der Waals surface area contributed by atoms with E-state index in [1.54, 1.807) is 20.8 Å². The number of hydrogen-bond acceptors (Lipinski definition) is 2. The van der Waals surface area contributed by atoms with Crippen molar-refractivity contribution in [3.8, 4) is 0 Å². The van der Waals surface area contributed by atoms with Crippen molar-refractivity contribution in [1.29, 1.82) is 0 Å². The van der Waals surface area contributed by atoms with E-state index in [1.165, 1.54) is 0 Å². The molecule has 17 heavy (non-hydrogen) atoms. The zero-order valence-electron chi connectivity index (χ0n) is 10.0. The minimum Gasteiger partial charge on any atom is -0.214 e. The average molecular weight is 334 g/mol. The van der Waals surface area contributed by atoms with Gasteiger partial charge in [0, 0.05) is 0 Å². The maximum atomic E-state index is 10.1. The third-order valence-corrected chi connectivity index (χ3v) is 0.976. The minimum absolute atomic E-state index is 0.390. The molecule has 0 aliphatic carbocycles. The molecular formula is C11H16Cl3O2Ti-2. The molecule has 0 saturated heterocycles. The zero-order chi connectivity index (χ0) is 13.9. The van der Waals surface area contributed by atoms with Crippen molar-refractivity contribution in [3.63, 3.8) is 0 Å². The molecule has 6 heteroatoms. The van der Waals surface area contributed by atoms with Crippen LogP contribution >= 0.6 is 27.9 Å². The molecule has 0 aromatic heterocycles. The number of esters is 1. The SMILES string of the molecule is [CH2-]C(=O)OC(C)(C)C.[Cl][Ti]([Cl])[Cl].c1cc[cH-]c1. The molecule has 0 spiro atoms. The molecule has 99 valence electrons. The first-order valence-corrected chi connectivity index (χ1v) is 11.1. The monoisotopic (exact) mass is 333 g/mol. The van der Waals surface area contributed by atoms with Gasteiger partial charge in [-0.3, -0.25) is 11.7 Å². The van der Waals surface area contributed by atoms with E-state index in [9.17, 15) is 4.79 Å². The van der Waals surface area contributed by atoms with E-state index in [0.29, 0.717) is 0 Å². The molecule has 0 atom stereocenters. The quantitative estimate of drug-likeness (QED) is 0.393. The van der Waals surface area contributed by atoms with Crippen LogP contribution in [0.1, 0.15) is 20.8 Å². The summed E-state index contributed by atoms with van der Waals surface area (Å²) in [5, 5.41) is 0. The van der Waals surface area contributed by atoms with Gasteiger partial charge in [-0.25, -0.2) is 12.1 Å². The van der Waals surface area contributed by atoms with Crippen molar-refractivity contribution >= 4 is 33.9 Å². The first-order valence-electron chi connectivity index (χ1n) is 4.70. The Morgan fingerprint density at radius 2 is 1.59 bits per heavy atom. The molecule has 0 aliphatic rings. The number of halogens is 3. The van der Waals surface area contributed by atoms with Crippen LogP contribution in [0.5, 0.6) is 0 Å². The summed E-state index contributed by atoms with van der Waals surface area (Å²) in [7, 11) is 14.9. The molecule has 2 nitrogen and oxygen atoms in total. The summed E-state index contributed by atoms with van der Waals surface area (Å²) in [4.78, 5) is 10.1. The molecule has 1 aromatic rings. The topological polar surface area (TPSA) is 26.3 Å². The molecule has 1 aromatic carbocycles. The Kier molecular flexibility index (Phi) is 13.1. The van der Waals surface area contributed by atoms with Gasteiger partial charge in [0.1, 0.15) is 5.60 Å². The van der Waals surface area contributed by atoms with Crippen LogP contribution in [0.3, 0.4) is 0 Å². The molecule has 0 fully saturated rings. The zero-order valence-corrected chi connectivity index (χ0v) is 13.9. The average Bonchev–Trinajstić information content (AvgIpc) is 2.52. The van der Waals surface area contributed by atoms with E-state index in [4.69, 9.17) is 27.9 Å². The summed E-state index contributed by atoms with van der Waals surface area (Å²) < 4.78 is 4.69. The van der Waals surface area contributed by atoms with Crippen molar-refractivity contribution in [3.05, 3.63) is 37.3 Å². The Labute approximate surface area is 121 Å². The number of carbonyl (C=O) groups is 1. The van der Waals surface area contributed by atoms with Crippen LogP contribution in [-0.4, -0.2) is 11.6 Å². The second-order valence-corrected chi connectivity index (χ2v) is 11.5. The van der Waals surface area contributed by atoms with Crippen LogP contribution in [0.2, 0.25) is 0 Å². The number of hydrogen-bond donors (Lipinski definition) is 0. The van der Waals surface area contributed by atoms with Crippen LogP contribution in [0, 0.1) is 6.92 Å². The third-order valence-electron chi connectivity index (χ3n) is 0.976. The van der Waals surface area contributed by atoms with Gasteiger partial charge in [-0.15, -0.1) is 0 Å². The molecule has 0 radical (unpaired) electrons. The van der Waals surface area contributed by atoms with E-state index in [1.807, 2.05) is 30.3 Å². The van der Waals surface area contributed by atoms with Crippen molar-refractivity contribution in [2.45, 2.75) is 26.4 Å². The predicted octanol–water partition coefficient (Wildman–Crippen LogP) is 4.63. The van der Waals surface area contributed by atoms with E-state index >= 15 is 0 Å². The van der Waals surface area contributed by atoms with Crippen molar-refractivity contribution in [1.82, 2.24) is 0 Å². The third kappa shape index (κ3) is 31.4. The summed E-state index contributed by atoms with van der Waals surface area (Å²) in [6, 6.07) is 10.0. The molecule has 0 saturated carbocycles. The molecule has 1 rings (SSSR count). The van der Waals surface area contributed by atoms with Gasteiger partial charge in [0.25, 0.3) is 0 Å². The summed E-state index contributed by atoms with van der Waals surface area (Å²) in [5.41, 5.74) is -0.390. The largest absolute Gasteiger partial charge is 0.214 e. The normalized spacial score (nSPS) is 9.06. The Morgan fingerprint density at radius 3 is 1.65 bits per heavy atom. The van der Waals surface area contributed by atoms with E-state index in [2.05, 4.69) is 11.7 Å². The van der Waals surface area contributed by atoms with Crippen LogP contribution in [-0.2, 0) is 24.2 Å². The van der Waals surface area contributed by atoms with Gasteiger partial charge in [0.15, 0.2) is 5.97 Å². The first-order chi connectivity index (χ1) is 7.65. The van der Waals surface area contributed by atoms with E-state index in [-0.39, 0.29) is 0 Å². The first kappa shape index (κ1) is 19.6. The number of ether oxygens (including phenoxy) is 1. The van der Waals surface area contributed by atoms with Crippen molar-refractivity contribution in [2.75, 3.05) is 0 Å².